The molecule has 0 spiro atoms. The second-order valence-corrected chi connectivity index (χ2v) is 7.99. The molecule has 4 nitrogen and oxygen atoms in total. The van der Waals surface area contributed by atoms with E-state index in [0.29, 0.717) is 5.41 Å². The number of guanidine groups is 1. The molecule has 2 fully saturated rings. The molecule has 1 aromatic carbocycles. The molecule has 0 heterocycles. The Kier molecular flexibility index (Phi) is 6.17. The molecular formula is C21H32FN3O. The summed E-state index contributed by atoms with van der Waals surface area (Å²) in [6.07, 6.45) is 8.23. The molecule has 0 unspecified atom stereocenters. The minimum Gasteiger partial charge on any atom is -0.385 e. The quantitative estimate of drug-likeness (QED) is 0.549. The van der Waals surface area contributed by atoms with Gasteiger partial charge in [0, 0.05) is 39.3 Å². The standard InChI is InChI=1S/C21H32FN3O/c1-23-19(24-15-20(13-14-26-2)9-5-6-10-20)25-16-21(11-12-21)17-7-3-4-8-18(17)22/h3-4,7-8H,5-6,9-16H2,1-2H3,(H2,23,24,25). The predicted molar refractivity (Wildman–Crippen MR) is 104 cm³/mol. The first kappa shape index (κ1) is 19.2. The smallest absolute Gasteiger partial charge is 0.191 e. The van der Waals surface area contributed by atoms with Crippen molar-refractivity contribution < 1.29 is 9.13 Å². The van der Waals surface area contributed by atoms with Crippen LogP contribution in [-0.2, 0) is 10.2 Å². The number of ether oxygens (including phenoxy) is 1. The van der Waals surface area contributed by atoms with Crippen LogP contribution in [0, 0.1) is 11.2 Å². The summed E-state index contributed by atoms with van der Waals surface area (Å²) < 4.78 is 19.5. The first-order valence-corrected chi connectivity index (χ1v) is 9.82. The molecule has 2 saturated carbocycles. The van der Waals surface area contributed by atoms with E-state index in [0.717, 1.165) is 50.5 Å². The van der Waals surface area contributed by atoms with Crippen LogP contribution in [0.1, 0.15) is 50.5 Å². The van der Waals surface area contributed by atoms with Crippen LogP contribution in [-0.4, -0.2) is 39.8 Å². The Bertz CT molecular complexity index is 621. The topological polar surface area (TPSA) is 45.7 Å². The fraction of sp³-hybridized carbons (Fsp3) is 0.667. The van der Waals surface area contributed by atoms with Crippen LogP contribution < -0.4 is 10.6 Å². The van der Waals surface area contributed by atoms with E-state index in [4.69, 9.17) is 4.74 Å². The average molecular weight is 362 g/mol. The zero-order valence-electron chi connectivity index (χ0n) is 16.1. The Morgan fingerprint density at radius 3 is 2.42 bits per heavy atom. The molecule has 2 aliphatic rings. The van der Waals surface area contributed by atoms with Gasteiger partial charge in [-0.2, -0.15) is 0 Å². The summed E-state index contributed by atoms with van der Waals surface area (Å²) >= 11 is 0. The van der Waals surface area contributed by atoms with E-state index in [2.05, 4.69) is 15.6 Å². The molecule has 2 aliphatic carbocycles. The number of aliphatic imine (C=N–C) groups is 1. The molecule has 0 bridgehead atoms. The fourth-order valence-electron chi connectivity index (χ4n) is 4.29. The Labute approximate surface area is 156 Å². The lowest BCUT2D eigenvalue weighted by molar-refractivity contribution is 0.138. The SMILES string of the molecule is CN=C(NCC1(CCOC)CCCC1)NCC1(c2ccccc2F)CC1. The predicted octanol–water partition coefficient (Wildman–Crippen LogP) is 3.62. The summed E-state index contributed by atoms with van der Waals surface area (Å²) in [5.74, 6) is 0.718. The molecule has 5 heteroatoms. The van der Waals surface area contributed by atoms with Crippen LogP contribution in [0.15, 0.2) is 29.3 Å². The van der Waals surface area contributed by atoms with Gasteiger partial charge < -0.3 is 15.4 Å². The van der Waals surface area contributed by atoms with E-state index < -0.39 is 0 Å². The lowest BCUT2D eigenvalue weighted by Crippen LogP contribution is -2.45. The minimum atomic E-state index is -0.0979. The van der Waals surface area contributed by atoms with Crippen LogP contribution >= 0.6 is 0 Å². The van der Waals surface area contributed by atoms with Gasteiger partial charge in [0.15, 0.2) is 5.96 Å². The van der Waals surface area contributed by atoms with Crippen molar-refractivity contribution in [3.63, 3.8) is 0 Å². The Morgan fingerprint density at radius 1 is 1.12 bits per heavy atom. The van der Waals surface area contributed by atoms with Gasteiger partial charge in [-0.05, 0) is 49.1 Å². The van der Waals surface area contributed by atoms with Gasteiger partial charge in [0.25, 0.3) is 0 Å². The van der Waals surface area contributed by atoms with Crippen LogP contribution in [0.5, 0.6) is 0 Å². The average Bonchev–Trinajstić information content (AvgIpc) is 3.30. The third-order valence-electron chi connectivity index (χ3n) is 6.25. The summed E-state index contributed by atoms with van der Waals surface area (Å²) in [6.45, 7) is 2.45. The third-order valence-corrected chi connectivity index (χ3v) is 6.25. The Morgan fingerprint density at radius 2 is 1.81 bits per heavy atom. The van der Waals surface area contributed by atoms with Crippen LogP contribution in [0.4, 0.5) is 4.39 Å². The van der Waals surface area contributed by atoms with Crippen molar-refractivity contribution in [2.24, 2.45) is 10.4 Å². The minimum absolute atomic E-state index is 0.0793. The van der Waals surface area contributed by atoms with Gasteiger partial charge in [0.2, 0.25) is 0 Å². The molecule has 0 atom stereocenters. The maximum Gasteiger partial charge on any atom is 0.191 e. The molecule has 0 radical (unpaired) electrons. The first-order valence-electron chi connectivity index (χ1n) is 9.82. The van der Waals surface area contributed by atoms with E-state index in [1.165, 1.54) is 25.7 Å². The van der Waals surface area contributed by atoms with Gasteiger partial charge in [0.05, 0.1) is 0 Å². The first-order chi connectivity index (χ1) is 12.6. The number of benzene rings is 1. The van der Waals surface area contributed by atoms with Crippen molar-refractivity contribution in [2.45, 2.75) is 50.4 Å². The molecule has 0 aromatic heterocycles. The van der Waals surface area contributed by atoms with Crippen LogP contribution in [0.25, 0.3) is 0 Å². The lowest BCUT2D eigenvalue weighted by Gasteiger charge is -2.30. The third kappa shape index (κ3) is 4.37. The number of hydrogen-bond donors (Lipinski definition) is 2. The van der Waals surface area contributed by atoms with Crippen LogP contribution in [0.3, 0.4) is 0 Å². The number of nitrogens with zero attached hydrogens (tertiary/aromatic N) is 1. The molecule has 0 amide bonds. The number of halogens is 1. The van der Waals surface area contributed by atoms with Gasteiger partial charge in [-0.3, -0.25) is 4.99 Å². The molecule has 144 valence electrons. The van der Waals surface area contributed by atoms with E-state index in [1.807, 2.05) is 12.1 Å². The largest absolute Gasteiger partial charge is 0.385 e. The number of hydrogen-bond acceptors (Lipinski definition) is 2. The van der Waals surface area contributed by atoms with Crippen molar-refractivity contribution in [3.8, 4) is 0 Å². The molecule has 26 heavy (non-hydrogen) atoms. The highest BCUT2D eigenvalue weighted by molar-refractivity contribution is 5.79. The second-order valence-electron chi connectivity index (χ2n) is 7.99. The highest BCUT2D eigenvalue weighted by Gasteiger charge is 2.46. The van der Waals surface area contributed by atoms with Gasteiger partial charge in [-0.25, -0.2) is 4.39 Å². The number of rotatable bonds is 8. The van der Waals surface area contributed by atoms with Gasteiger partial charge in [-0.15, -0.1) is 0 Å². The molecule has 1 aromatic rings. The second kappa shape index (κ2) is 8.38. The summed E-state index contributed by atoms with van der Waals surface area (Å²) in [4.78, 5) is 4.38. The molecule has 3 rings (SSSR count). The normalized spacial score (nSPS) is 20.8. The van der Waals surface area contributed by atoms with Gasteiger partial charge in [0.1, 0.15) is 5.82 Å². The molecule has 0 saturated heterocycles. The summed E-state index contributed by atoms with van der Waals surface area (Å²) in [5.41, 5.74) is 1.07. The van der Waals surface area contributed by atoms with Crippen molar-refractivity contribution in [2.75, 3.05) is 33.9 Å². The van der Waals surface area contributed by atoms with E-state index in [-0.39, 0.29) is 11.2 Å². The number of methoxy groups -OCH3 is 1. The van der Waals surface area contributed by atoms with E-state index in [9.17, 15) is 4.39 Å². The molecule has 0 aliphatic heterocycles. The van der Waals surface area contributed by atoms with Gasteiger partial charge >= 0.3 is 0 Å². The monoisotopic (exact) mass is 361 g/mol. The summed E-state index contributed by atoms with van der Waals surface area (Å²) in [7, 11) is 3.57. The van der Waals surface area contributed by atoms with Gasteiger partial charge in [-0.1, -0.05) is 31.0 Å². The van der Waals surface area contributed by atoms with Crippen molar-refractivity contribution >= 4 is 5.96 Å². The summed E-state index contributed by atoms with van der Waals surface area (Å²) in [6, 6.07) is 7.15. The lowest BCUT2D eigenvalue weighted by atomic mass is 9.83. The van der Waals surface area contributed by atoms with E-state index >= 15 is 0 Å². The zero-order chi connectivity index (χ0) is 18.5. The van der Waals surface area contributed by atoms with Crippen molar-refractivity contribution in [3.05, 3.63) is 35.6 Å². The maximum atomic E-state index is 14.2. The van der Waals surface area contributed by atoms with Crippen molar-refractivity contribution in [1.82, 2.24) is 10.6 Å². The highest BCUT2D eigenvalue weighted by Crippen LogP contribution is 2.48. The van der Waals surface area contributed by atoms with Crippen molar-refractivity contribution in [1.29, 1.82) is 0 Å². The zero-order valence-corrected chi connectivity index (χ0v) is 16.1. The Balaban J connectivity index is 1.55. The fourth-order valence-corrected chi connectivity index (χ4v) is 4.29. The maximum absolute atomic E-state index is 14.2. The molecule has 2 N–H and O–H groups in total. The highest BCUT2D eigenvalue weighted by atomic mass is 19.1. The number of nitrogens with one attached hydrogen (secondary N) is 2. The molecular weight excluding hydrogens is 329 g/mol. The summed E-state index contributed by atoms with van der Waals surface area (Å²) in [5, 5.41) is 6.95. The van der Waals surface area contributed by atoms with E-state index in [1.54, 1.807) is 26.3 Å². The van der Waals surface area contributed by atoms with Crippen LogP contribution in [0.2, 0.25) is 0 Å². The Hall–Kier alpha value is -1.62.